The van der Waals surface area contributed by atoms with Gasteiger partial charge in [0, 0.05) is 0 Å². The minimum absolute atomic E-state index is 0.0253. The number of carboxylic acids is 1. The highest BCUT2D eigenvalue weighted by atomic mass is 19.4. The first kappa shape index (κ1) is 12.9. The van der Waals surface area contributed by atoms with Crippen molar-refractivity contribution < 1.29 is 32.3 Å². The number of halogens is 3. The summed E-state index contributed by atoms with van der Waals surface area (Å²) in [5, 5.41) is 10.2. The number of rotatable bonds is 2. The van der Waals surface area contributed by atoms with E-state index in [-0.39, 0.29) is 16.7 Å². The Morgan fingerprint density at radius 2 is 2.00 bits per heavy atom. The van der Waals surface area contributed by atoms with Gasteiger partial charge in [-0.25, -0.2) is 4.79 Å². The molecule has 0 atom stereocenters. The second-order valence-electron chi connectivity index (χ2n) is 3.46. The van der Waals surface area contributed by atoms with Crippen molar-refractivity contribution in [3.63, 3.8) is 0 Å². The maximum atomic E-state index is 12.0. The van der Waals surface area contributed by atoms with Crippen molar-refractivity contribution in [2.75, 3.05) is 5.32 Å². The Labute approximate surface area is 102 Å². The molecule has 0 aliphatic carbocycles. The van der Waals surface area contributed by atoms with Crippen LogP contribution in [-0.2, 0) is 4.79 Å². The number of nitrogens with zero attached hydrogens (tertiary/aromatic N) is 1. The van der Waals surface area contributed by atoms with Crippen molar-refractivity contribution >= 4 is 29.0 Å². The standard InChI is InChI=1S/C10H5F3N2O4/c11-10(12,13)8(18)15-9-14-5-3-4(7(16)17)1-2-6(5)19-9/h1-3H,(H,16,17)(H,14,15,18). The minimum atomic E-state index is -5.06. The number of carboxylic acid groups (broad SMARTS) is 1. The van der Waals surface area contributed by atoms with Crippen molar-refractivity contribution in [1.29, 1.82) is 0 Å². The number of carbonyl (C=O) groups is 2. The van der Waals surface area contributed by atoms with Gasteiger partial charge in [-0.3, -0.25) is 10.1 Å². The molecule has 1 amide bonds. The molecule has 6 nitrogen and oxygen atoms in total. The summed E-state index contributed by atoms with van der Waals surface area (Å²) in [5.41, 5.74) is -0.0191. The van der Waals surface area contributed by atoms with Gasteiger partial charge in [0.25, 0.3) is 0 Å². The van der Waals surface area contributed by atoms with Crippen LogP contribution in [0.15, 0.2) is 22.6 Å². The number of aromatic carboxylic acids is 1. The number of aromatic nitrogens is 1. The second kappa shape index (κ2) is 4.26. The van der Waals surface area contributed by atoms with Crippen LogP contribution in [0.1, 0.15) is 10.4 Å². The Hall–Kier alpha value is -2.58. The van der Waals surface area contributed by atoms with Crippen molar-refractivity contribution in [2.24, 2.45) is 0 Å². The molecular weight excluding hydrogens is 269 g/mol. The molecule has 0 aliphatic heterocycles. The predicted octanol–water partition coefficient (Wildman–Crippen LogP) is 2.03. The highest BCUT2D eigenvalue weighted by Gasteiger charge is 2.39. The maximum absolute atomic E-state index is 12.0. The molecule has 1 heterocycles. The summed E-state index contributed by atoms with van der Waals surface area (Å²) >= 11 is 0. The van der Waals surface area contributed by atoms with Gasteiger partial charge in [0.2, 0.25) is 0 Å². The average Bonchev–Trinajstić information content (AvgIpc) is 2.68. The van der Waals surface area contributed by atoms with Gasteiger partial charge in [-0.05, 0) is 18.2 Å². The SMILES string of the molecule is O=C(O)c1ccc2oc(NC(=O)C(F)(F)F)nc2c1. The number of amides is 1. The summed E-state index contributed by atoms with van der Waals surface area (Å²) in [6.45, 7) is 0. The van der Waals surface area contributed by atoms with Crippen molar-refractivity contribution in [2.45, 2.75) is 6.18 Å². The fourth-order valence-corrected chi connectivity index (χ4v) is 1.28. The number of benzene rings is 1. The maximum Gasteiger partial charge on any atom is 0.471 e. The van der Waals surface area contributed by atoms with Crippen LogP contribution in [0, 0.1) is 0 Å². The van der Waals surface area contributed by atoms with Crippen LogP contribution in [0.5, 0.6) is 0 Å². The molecular formula is C10H5F3N2O4. The molecule has 0 fully saturated rings. The molecule has 0 unspecified atom stereocenters. The Morgan fingerprint density at radius 1 is 1.32 bits per heavy atom. The number of hydrogen-bond acceptors (Lipinski definition) is 4. The van der Waals surface area contributed by atoms with Crippen molar-refractivity contribution in [3.05, 3.63) is 23.8 Å². The van der Waals surface area contributed by atoms with Crippen LogP contribution in [0.25, 0.3) is 11.1 Å². The van der Waals surface area contributed by atoms with Gasteiger partial charge in [0.15, 0.2) is 5.58 Å². The predicted molar refractivity (Wildman–Crippen MR) is 55.7 cm³/mol. The van der Waals surface area contributed by atoms with Crippen LogP contribution in [0.2, 0.25) is 0 Å². The molecule has 1 aromatic heterocycles. The first-order chi connectivity index (χ1) is 8.77. The first-order valence-corrected chi connectivity index (χ1v) is 4.79. The lowest BCUT2D eigenvalue weighted by Crippen LogP contribution is -2.30. The summed E-state index contributed by atoms with van der Waals surface area (Å²) in [6, 6.07) is 2.89. The van der Waals surface area contributed by atoms with Crippen LogP contribution >= 0.6 is 0 Å². The fraction of sp³-hybridized carbons (Fsp3) is 0.100. The smallest absolute Gasteiger partial charge is 0.471 e. The van der Waals surface area contributed by atoms with E-state index >= 15 is 0 Å². The average molecular weight is 274 g/mol. The molecule has 0 saturated heterocycles. The number of hydrogen-bond donors (Lipinski definition) is 2. The van der Waals surface area contributed by atoms with E-state index in [2.05, 4.69) is 4.98 Å². The van der Waals surface area contributed by atoms with Crippen LogP contribution < -0.4 is 5.32 Å². The molecule has 0 saturated carbocycles. The van der Waals surface area contributed by atoms with Crippen LogP contribution in [0.3, 0.4) is 0 Å². The zero-order chi connectivity index (χ0) is 14.2. The minimum Gasteiger partial charge on any atom is -0.478 e. The zero-order valence-electron chi connectivity index (χ0n) is 8.99. The van der Waals surface area contributed by atoms with Gasteiger partial charge in [-0.15, -0.1) is 0 Å². The monoisotopic (exact) mass is 274 g/mol. The van der Waals surface area contributed by atoms with Gasteiger partial charge >= 0.3 is 24.1 Å². The van der Waals surface area contributed by atoms with Crippen molar-refractivity contribution in [1.82, 2.24) is 4.98 Å². The van der Waals surface area contributed by atoms with Gasteiger partial charge < -0.3 is 9.52 Å². The van der Waals surface area contributed by atoms with Crippen molar-refractivity contribution in [3.8, 4) is 0 Å². The Bertz CT molecular complexity index is 662. The number of alkyl halides is 3. The molecule has 0 bridgehead atoms. The van der Waals surface area contributed by atoms with Crippen LogP contribution in [-0.4, -0.2) is 28.1 Å². The molecule has 1 aromatic carbocycles. The topological polar surface area (TPSA) is 92.4 Å². The molecule has 0 aliphatic rings. The van der Waals surface area contributed by atoms with E-state index in [1.165, 1.54) is 17.4 Å². The molecule has 9 heteroatoms. The Kier molecular flexibility index (Phi) is 2.89. The molecule has 0 spiro atoms. The quantitative estimate of drug-likeness (QED) is 0.874. The number of anilines is 1. The van der Waals surface area contributed by atoms with E-state index < -0.39 is 24.1 Å². The molecule has 100 valence electrons. The highest BCUT2D eigenvalue weighted by Crippen LogP contribution is 2.22. The zero-order valence-corrected chi connectivity index (χ0v) is 8.99. The van der Waals surface area contributed by atoms with E-state index in [0.29, 0.717) is 0 Å². The van der Waals surface area contributed by atoms with E-state index in [4.69, 9.17) is 9.52 Å². The first-order valence-electron chi connectivity index (χ1n) is 4.79. The van der Waals surface area contributed by atoms with Crippen LogP contribution in [0.4, 0.5) is 19.2 Å². The second-order valence-corrected chi connectivity index (χ2v) is 3.46. The number of oxazole rings is 1. The molecule has 2 N–H and O–H groups in total. The lowest BCUT2D eigenvalue weighted by atomic mass is 10.2. The van der Waals surface area contributed by atoms with E-state index in [1.54, 1.807) is 0 Å². The summed E-state index contributed by atoms with van der Waals surface area (Å²) in [4.78, 5) is 24.9. The Balaban J connectivity index is 2.32. The van der Waals surface area contributed by atoms with Gasteiger partial charge in [-0.1, -0.05) is 0 Å². The molecule has 2 rings (SSSR count). The number of carbonyl (C=O) groups excluding carboxylic acids is 1. The Morgan fingerprint density at radius 3 is 2.58 bits per heavy atom. The number of nitrogens with one attached hydrogen (secondary N) is 1. The normalized spacial score (nSPS) is 11.5. The third-order valence-electron chi connectivity index (χ3n) is 2.11. The third kappa shape index (κ3) is 2.64. The van der Waals surface area contributed by atoms with E-state index in [0.717, 1.165) is 6.07 Å². The fourth-order valence-electron chi connectivity index (χ4n) is 1.28. The van der Waals surface area contributed by atoms with Gasteiger partial charge in [-0.2, -0.15) is 18.2 Å². The van der Waals surface area contributed by atoms with Gasteiger partial charge in [0.05, 0.1) is 5.56 Å². The summed E-state index contributed by atoms with van der Waals surface area (Å²) < 4.78 is 40.8. The van der Waals surface area contributed by atoms with E-state index in [1.807, 2.05) is 0 Å². The van der Waals surface area contributed by atoms with Gasteiger partial charge in [0.1, 0.15) is 5.52 Å². The van der Waals surface area contributed by atoms with E-state index in [9.17, 15) is 22.8 Å². The lowest BCUT2D eigenvalue weighted by molar-refractivity contribution is -0.167. The number of fused-ring (bicyclic) bond motifs is 1. The highest BCUT2D eigenvalue weighted by molar-refractivity contribution is 5.95. The largest absolute Gasteiger partial charge is 0.478 e. The summed E-state index contributed by atoms with van der Waals surface area (Å²) in [6.07, 6.45) is -5.06. The lowest BCUT2D eigenvalue weighted by Gasteiger charge is -2.03. The third-order valence-corrected chi connectivity index (χ3v) is 2.11. The summed E-state index contributed by atoms with van der Waals surface area (Å²) in [7, 11) is 0. The summed E-state index contributed by atoms with van der Waals surface area (Å²) in [5.74, 6) is -3.44. The molecule has 2 aromatic rings. The molecule has 19 heavy (non-hydrogen) atoms. The molecule has 0 radical (unpaired) electrons.